The van der Waals surface area contributed by atoms with Gasteiger partial charge in [-0.3, -0.25) is 9.59 Å². The van der Waals surface area contributed by atoms with E-state index in [2.05, 4.69) is 12.2 Å². The van der Waals surface area contributed by atoms with Crippen LogP contribution >= 0.6 is 0 Å². The van der Waals surface area contributed by atoms with Crippen molar-refractivity contribution in [3.8, 4) is 0 Å². The van der Waals surface area contributed by atoms with Crippen molar-refractivity contribution >= 4 is 11.8 Å². The van der Waals surface area contributed by atoms with Gasteiger partial charge in [0.25, 0.3) is 0 Å². The van der Waals surface area contributed by atoms with Gasteiger partial charge in [-0.1, -0.05) is 129 Å². The lowest BCUT2D eigenvalue weighted by molar-refractivity contribution is -0.137. The van der Waals surface area contributed by atoms with Crippen LogP contribution in [0.15, 0.2) is 0 Å². The first-order valence-electron chi connectivity index (χ1n) is 12.3. The molecule has 0 unspecified atom stereocenters. The molecule has 0 aliphatic carbocycles. The molecule has 0 spiro atoms. The Morgan fingerprint density at radius 1 is 0.536 bits per heavy atom. The minimum atomic E-state index is -0.895. The van der Waals surface area contributed by atoms with Crippen LogP contribution in [0, 0.1) is 0 Å². The van der Waals surface area contributed by atoms with Crippen molar-refractivity contribution in [1.29, 1.82) is 0 Å². The van der Waals surface area contributed by atoms with E-state index in [1.54, 1.807) is 0 Å². The molecule has 0 aromatic carbocycles. The SMILES string of the molecule is CCCCCCCCCCCCCCCCCCCCCCNC(=O)C(N)=O. The number of nitrogens with two attached hydrogens (primary N) is 1. The van der Waals surface area contributed by atoms with E-state index in [0.717, 1.165) is 12.8 Å². The standard InChI is InChI=1S/C24H48N2O2/c1-2-3-4-5-6-7-8-9-10-11-12-13-14-15-16-17-18-19-20-21-22-26-24(28)23(25)27/h2-22H2,1H3,(H2,25,27)(H,26,28). The van der Waals surface area contributed by atoms with Crippen molar-refractivity contribution < 1.29 is 9.59 Å². The molecule has 0 radical (unpaired) electrons. The van der Waals surface area contributed by atoms with Gasteiger partial charge in [0.15, 0.2) is 0 Å². The Balaban J connectivity index is 3.05. The van der Waals surface area contributed by atoms with Crippen LogP contribution in [0.3, 0.4) is 0 Å². The van der Waals surface area contributed by atoms with E-state index in [-0.39, 0.29) is 0 Å². The fourth-order valence-electron chi connectivity index (χ4n) is 3.67. The molecular formula is C24H48N2O2. The number of amides is 2. The largest absolute Gasteiger partial charge is 0.361 e. The maximum Gasteiger partial charge on any atom is 0.309 e. The fraction of sp³-hybridized carbons (Fsp3) is 0.917. The van der Waals surface area contributed by atoms with Gasteiger partial charge in [0.2, 0.25) is 0 Å². The molecule has 28 heavy (non-hydrogen) atoms. The van der Waals surface area contributed by atoms with Crippen LogP contribution in [0.4, 0.5) is 0 Å². The lowest BCUT2D eigenvalue weighted by atomic mass is 10.0. The van der Waals surface area contributed by atoms with E-state index in [4.69, 9.17) is 5.73 Å². The summed E-state index contributed by atoms with van der Waals surface area (Å²) in [6.45, 7) is 2.84. The lowest BCUT2D eigenvalue weighted by Gasteiger charge is -2.04. The number of unbranched alkanes of at least 4 members (excludes halogenated alkanes) is 19. The Bertz CT molecular complexity index is 359. The number of hydrogen-bond acceptors (Lipinski definition) is 2. The summed E-state index contributed by atoms with van der Waals surface area (Å²) < 4.78 is 0. The monoisotopic (exact) mass is 396 g/mol. The first kappa shape index (κ1) is 26.9. The van der Waals surface area contributed by atoms with Crippen molar-refractivity contribution in [3.05, 3.63) is 0 Å². The summed E-state index contributed by atoms with van der Waals surface area (Å²) in [5, 5.41) is 2.53. The number of nitrogens with one attached hydrogen (secondary N) is 1. The smallest absolute Gasteiger partial charge is 0.309 e. The zero-order chi connectivity index (χ0) is 20.7. The predicted molar refractivity (Wildman–Crippen MR) is 120 cm³/mol. The topological polar surface area (TPSA) is 72.2 Å². The lowest BCUT2D eigenvalue weighted by Crippen LogP contribution is -2.36. The Morgan fingerprint density at radius 2 is 0.821 bits per heavy atom. The minimum absolute atomic E-state index is 0.556. The number of carbonyl (C=O) groups excluding carboxylic acids is 2. The van der Waals surface area contributed by atoms with Crippen molar-refractivity contribution in [2.24, 2.45) is 5.73 Å². The molecule has 0 aliphatic rings. The summed E-state index contributed by atoms with van der Waals surface area (Å²) in [4.78, 5) is 21.5. The molecule has 0 aromatic rings. The summed E-state index contributed by atoms with van der Waals surface area (Å²) in [6.07, 6.45) is 27.2. The molecule has 0 atom stereocenters. The van der Waals surface area contributed by atoms with Gasteiger partial charge >= 0.3 is 11.8 Å². The van der Waals surface area contributed by atoms with Crippen LogP contribution in [0.5, 0.6) is 0 Å². The van der Waals surface area contributed by atoms with E-state index in [9.17, 15) is 9.59 Å². The van der Waals surface area contributed by atoms with E-state index in [1.807, 2.05) is 0 Å². The zero-order valence-corrected chi connectivity index (χ0v) is 18.7. The summed E-state index contributed by atoms with van der Waals surface area (Å²) in [6, 6.07) is 0. The average Bonchev–Trinajstić information content (AvgIpc) is 2.68. The summed E-state index contributed by atoms with van der Waals surface area (Å²) in [5.41, 5.74) is 4.87. The maximum atomic E-state index is 11.0. The highest BCUT2D eigenvalue weighted by molar-refractivity contribution is 6.34. The third-order valence-corrected chi connectivity index (χ3v) is 5.54. The molecule has 166 valence electrons. The Hall–Kier alpha value is -1.06. The van der Waals surface area contributed by atoms with E-state index < -0.39 is 11.8 Å². The highest BCUT2D eigenvalue weighted by atomic mass is 16.2. The van der Waals surface area contributed by atoms with Crippen LogP contribution < -0.4 is 11.1 Å². The van der Waals surface area contributed by atoms with Crippen molar-refractivity contribution in [2.45, 2.75) is 135 Å². The third-order valence-electron chi connectivity index (χ3n) is 5.54. The van der Waals surface area contributed by atoms with Gasteiger partial charge in [-0.05, 0) is 6.42 Å². The highest BCUT2D eigenvalue weighted by Gasteiger charge is 2.05. The Kier molecular flexibility index (Phi) is 21.4. The van der Waals surface area contributed by atoms with Gasteiger partial charge in [-0.25, -0.2) is 0 Å². The summed E-state index contributed by atoms with van der Waals surface area (Å²) in [7, 11) is 0. The van der Waals surface area contributed by atoms with Gasteiger partial charge in [-0.15, -0.1) is 0 Å². The summed E-state index contributed by atoms with van der Waals surface area (Å²) >= 11 is 0. The average molecular weight is 397 g/mol. The molecule has 4 heteroatoms. The second-order valence-electron chi connectivity index (χ2n) is 8.34. The fourth-order valence-corrected chi connectivity index (χ4v) is 3.67. The third kappa shape index (κ3) is 21.2. The number of carbonyl (C=O) groups is 2. The predicted octanol–water partition coefficient (Wildman–Crippen LogP) is 6.41. The first-order chi connectivity index (χ1) is 13.7. The van der Waals surface area contributed by atoms with Gasteiger partial charge < -0.3 is 11.1 Å². The molecule has 3 N–H and O–H groups in total. The second-order valence-corrected chi connectivity index (χ2v) is 8.34. The van der Waals surface area contributed by atoms with Gasteiger partial charge in [-0.2, -0.15) is 0 Å². The highest BCUT2D eigenvalue weighted by Crippen LogP contribution is 2.14. The van der Waals surface area contributed by atoms with Crippen molar-refractivity contribution in [1.82, 2.24) is 5.32 Å². The maximum absolute atomic E-state index is 11.0. The summed E-state index contributed by atoms with van der Waals surface area (Å²) in [5.74, 6) is -1.56. The van der Waals surface area contributed by atoms with Crippen LogP contribution in [0.1, 0.15) is 135 Å². The van der Waals surface area contributed by atoms with Crippen LogP contribution in [-0.2, 0) is 9.59 Å². The number of primary amides is 1. The normalized spacial score (nSPS) is 10.9. The van der Waals surface area contributed by atoms with Crippen molar-refractivity contribution in [2.75, 3.05) is 6.54 Å². The molecular weight excluding hydrogens is 348 g/mol. The molecule has 0 heterocycles. The van der Waals surface area contributed by atoms with E-state index in [0.29, 0.717) is 6.54 Å². The molecule has 2 amide bonds. The Morgan fingerprint density at radius 3 is 1.11 bits per heavy atom. The van der Waals surface area contributed by atoms with Gasteiger partial charge in [0.05, 0.1) is 0 Å². The van der Waals surface area contributed by atoms with Crippen LogP contribution in [0.2, 0.25) is 0 Å². The van der Waals surface area contributed by atoms with Crippen LogP contribution in [-0.4, -0.2) is 18.4 Å². The zero-order valence-electron chi connectivity index (χ0n) is 18.7. The number of hydrogen-bond donors (Lipinski definition) is 2. The molecule has 4 nitrogen and oxygen atoms in total. The van der Waals surface area contributed by atoms with E-state index >= 15 is 0 Å². The first-order valence-corrected chi connectivity index (χ1v) is 12.3. The van der Waals surface area contributed by atoms with Gasteiger partial charge in [0.1, 0.15) is 0 Å². The molecule has 0 rings (SSSR count). The van der Waals surface area contributed by atoms with Crippen LogP contribution in [0.25, 0.3) is 0 Å². The number of rotatable bonds is 21. The quantitative estimate of drug-likeness (QED) is 0.174. The minimum Gasteiger partial charge on any atom is -0.361 e. The van der Waals surface area contributed by atoms with Crippen molar-refractivity contribution in [3.63, 3.8) is 0 Å². The Labute approximate surface area is 174 Å². The molecule has 0 saturated heterocycles. The molecule has 0 fully saturated rings. The molecule has 0 aliphatic heterocycles. The molecule has 0 saturated carbocycles. The molecule has 0 bridgehead atoms. The van der Waals surface area contributed by atoms with E-state index in [1.165, 1.54) is 116 Å². The second kappa shape index (κ2) is 22.2. The van der Waals surface area contributed by atoms with Gasteiger partial charge in [0, 0.05) is 6.54 Å². The molecule has 0 aromatic heterocycles.